The topological polar surface area (TPSA) is 0 Å². The molecule has 0 N–H and O–H groups in total. The van der Waals surface area contributed by atoms with Crippen LogP contribution in [0.1, 0.15) is 0 Å². The summed E-state index contributed by atoms with van der Waals surface area (Å²) in [5.41, 5.74) is 12.9. The van der Waals surface area contributed by atoms with Gasteiger partial charge in [-0.3, -0.25) is 0 Å². The van der Waals surface area contributed by atoms with Gasteiger partial charge < -0.3 is 0 Å². The van der Waals surface area contributed by atoms with E-state index < -0.39 is 0 Å². The van der Waals surface area contributed by atoms with Gasteiger partial charge in [-0.15, -0.1) is 0 Å². The van der Waals surface area contributed by atoms with Crippen LogP contribution < -0.4 is 10.6 Å². The molecule has 1 aliphatic rings. The Bertz CT molecular complexity index is 3010. The lowest BCUT2D eigenvalue weighted by molar-refractivity contribution is 1.62. The molecule has 1 heteroatoms. The third kappa shape index (κ3) is 4.73. The van der Waals surface area contributed by atoms with Gasteiger partial charge in [0.2, 0.25) is 0 Å². The molecule has 1 aliphatic heterocycles. The first kappa shape index (κ1) is 30.3. The lowest BCUT2D eigenvalue weighted by Crippen LogP contribution is -2.14. The van der Waals surface area contributed by atoms with Gasteiger partial charge in [0, 0.05) is 0 Å². The lowest BCUT2D eigenvalue weighted by atomic mass is 9.83. The van der Waals surface area contributed by atoms with Gasteiger partial charge in [-0.05, 0) is 115 Å². The number of hydrogen-bond acceptors (Lipinski definition) is 0. The minimum absolute atomic E-state index is 0.626. The van der Waals surface area contributed by atoms with Crippen LogP contribution >= 0.6 is 8.58 Å². The monoisotopic (exact) mass is 688 g/mol. The highest BCUT2D eigenvalue weighted by Gasteiger charge is 2.23. The Balaban J connectivity index is 1.14. The second-order valence-corrected chi connectivity index (χ2v) is 15.4. The van der Waals surface area contributed by atoms with E-state index >= 15 is 0 Å². The Hall–Kier alpha value is -6.33. The molecule has 0 nitrogen and oxygen atoms in total. The van der Waals surface area contributed by atoms with Crippen LogP contribution in [-0.4, -0.2) is 0 Å². The fourth-order valence-electron chi connectivity index (χ4n) is 8.89. The molecule has 1 heterocycles. The minimum atomic E-state index is 0.626. The van der Waals surface area contributed by atoms with Crippen LogP contribution in [0.15, 0.2) is 194 Å². The van der Waals surface area contributed by atoms with Crippen LogP contribution in [0.3, 0.4) is 0 Å². The van der Waals surface area contributed by atoms with E-state index in [1.165, 1.54) is 109 Å². The highest BCUT2D eigenvalue weighted by atomic mass is 31.1. The van der Waals surface area contributed by atoms with Crippen molar-refractivity contribution in [3.63, 3.8) is 0 Å². The molecule has 0 amide bonds. The van der Waals surface area contributed by atoms with Crippen molar-refractivity contribution in [3.05, 3.63) is 194 Å². The molecule has 1 unspecified atom stereocenters. The first-order chi connectivity index (χ1) is 26.3. The zero-order chi connectivity index (χ0) is 34.9. The number of fused-ring (bicyclic) bond motifs is 5. The maximum Gasteiger partial charge on any atom is -0.00201 e. The third-order valence-corrected chi connectivity index (χ3v) is 12.6. The van der Waals surface area contributed by atoms with E-state index in [4.69, 9.17) is 0 Å². The fraction of sp³-hybridized carbons (Fsp3) is 0. The number of hydrogen-bond donors (Lipinski definition) is 0. The second kappa shape index (κ2) is 12.1. The molecule has 10 aromatic carbocycles. The average Bonchev–Trinajstić information content (AvgIpc) is 3.23. The Kier molecular flexibility index (Phi) is 6.94. The van der Waals surface area contributed by atoms with Crippen LogP contribution in [0.2, 0.25) is 0 Å². The van der Waals surface area contributed by atoms with Gasteiger partial charge in [0.15, 0.2) is 0 Å². The molecule has 0 fully saturated rings. The zero-order valence-electron chi connectivity index (χ0n) is 29.0. The summed E-state index contributed by atoms with van der Waals surface area (Å²) in [5.74, 6) is 0. The van der Waals surface area contributed by atoms with E-state index in [9.17, 15) is 0 Å². The molecule has 53 heavy (non-hydrogen) atoms. The van der Waals surface area contributed by atoms with E-state index in [2.05, 4.69) is 194 Å². The van der Waals surface area contributed by atoms with Crippen molar-refractivity contribution in [1.82, 2.24) is 0 Å². The molecule has 0 saturated heterocycles. The lowest BCUT2D eigenvalue weighted by Gasteiger charge is -2.24. The van der Waals surface area contributed by atoms with Crippen LogP contribution in [-0.2, 0) is 0 Å². The summed E-state index contributed by atoms with van der Waals surface area (Å²) in [4.78, 5) is 0. The Labute approximate surface area is 310 Å². The summed E-state index contributed by atoms with van der Waals surface area (Å²) >= 11 is 0. The fourth-order valence-corrected chi connectivity index (χ4v) is 10.3. The van der Waals surface area contributed by atoms with Gasteiger partial charge >= 0.3 is 0 Å². The first-order valence-corrected chi connectivity index (χ1v) is 19.4. The predicted octanol–water partition coefficient (Wildman–Crippen LogP) is 13.6. The molecule has 246 valence electrons. The van der Waals surface area contributed by atoms with E-state index in [1.807, 2.05) is 0 Å². The van der Waals surface area contributed by atoms with E-state index in [0.29, 0.717) is 8.58 Å². The van der Waals surface area contributed by atoms with E-state index in [1.54, 1.807) is 0 Å². The summed E-state index contributed by atoms with van der Waals surface area (Å²) in [5, 5.41) is 13.2. The van der Waals surface area contributed by atoms with E-state index in [0.717, 1.165) is 0 Å². The smallest absolute Gasteiger partial charge is 0.00201 e. The second-order valence-electron chi connectivity index (χ2n) is 14.1. The zero-order valence-corrected chi connectivity index (χ0v) is 30.0. The molecular weight excluding hydrogens is 656 g/mol. The van der Waals surface area contributed by atoms with Crippen LogP contribution in [0, 0.1) is 0 Å². The summed E-state index contributed by atoms with van der Waals surface area (Å²) in [6.07, 6.45) is 0. The summed E-state index contributed by atoms with van der Waals surface area (Å²) in [6.45, 7) is 0. The molecule has 1 atom stereocenters. The SMILES string of the molecule is c1ccc(-c2ccc3c(c2)-c2ccc(-c4ccc(-c5c6ccccc6c(-c6ccccc6)c6ccccc56)c5ccccc45)c4cccc(c24)P3)cc1. The minimum Gasteiger partial charge on any atom is -0.0622 e. The molecule has 0 aromatic heterocycles. The quantitative estimate of drug-likeness (QED) is 0.128. The van der Waals surface area contributed by atoms with Crippen molar-refractivity contribution < 1.29 is 0 Å². The van der Waals surface area contributed by atoms with Gasteiger partial charge in [-0.2, -0.15) is 0 Å². The van der Waals surface area contributed by atoms with Crippen molar-refractivity contribution in [2.45, 2.75) is 0 Å². The molecule has 11 rings (SSSR count). The maximum atomic E-state index is 2.41. The van der Waals surface area contributed by atoms with Crippen molar-refractivity contribution in [3.8, 4) is 55.6 Å². The summed E-state index contributed by atoms with van der Waals surface area (Å²) in [6, 6.07) is 72.0. The van der Waals surface area contributed by atoms with Crippen molar-refractivity contribution >= 4 is 62.3 Å². The normalized spacial score (nSPS) is 12.5. The molecule has 0 bridgehead atoms. The molecule has 10 aromatic rings. The van der Waals surface area contributed by atoms with Gasteiger partial charge in [-0.25, -0.2) is 0 Å². The summed E-state index contributed by atoms with van der Waals surface area (Å²) < 4.78 is 0. The number of rotatable bonds is 4. The molecule has 0 aliphatic carbocycles. The maximum absolute atomic E-state index is 2.41. The Morgan fingerprint density at radius 1 is 0.245 bits per heavy atom. The van der Waals surface area contributed by atoms with Crippen molar-refractivity contribution in [2.75, 3.05) is 0 Å². The van der Waals surface area contributed by atoms with Crippen molar-refractivity contribution in [1.29, 1.82) is 0 Å². The van der Waals surface area contributed by atoms with Crippen LogP contribution in [0.4, 0.5) is 0 Å². The van der Waals surface area contributed by atoms with Gasteiger partial charge in [0.25, 0.3) is 0 Å². The van der Waals surface area contributed by atoms with Crippen LogP contribution in [0.25, 0.3) is 98.7 Å². The third-order valence-electron chi connectivity index (χ3n) is 11.2. The number of benzene rings is 10. The molecule has 0 spiro atoms. The highest BCUT2D eigenvalue weighted by molar-refractivity contribution is 7.56. The Morgan fingerprint density at radius 2 is 0.736 bits per heavy atom. The molecule has 0 radical (unpaired) electrons. The first-order valence-electron chi connectivity index (χ1n) is 18.4. The van der Waals surface area contributed by atoms with Crippen molar-refractivity contribution in [2.24, 2.45) is 0 Å². The van der Waals surface area contributed by atoms with Crippen LogP contribution in [0.5, 0.6) is 0 Å². The molecule has 0 saturated carbocycles. The predicted molar refractivity (Wildman–Crippen MR) is 231 cm³/mol. The molecular formula is C52H33P. The Morgan fingerprint density at radius 3 is 1.40 bits per heavy atom. The highest BCUT2D eigenvalue weighted by Crippen LogP contribution is 2.48. The van der Waals surface area contributed by atoms with E-state index in [-0.39, 0.29) is 0 Å². The van der Waals surface area contributed by atoms with Gasteiger partial charge in [0.05, 0.1) is 0 Å². The standard InChI is InChI=1S/C52H33P/c1-3-14-33(15-4-1)35-26-31-48-47(32-35)46-30-28-39(40-24-13-25-49(53-48)52(40)46)38-27-29-45(37-19-8-7-18-36(37)38)51-43-22-11-9-20-41(43)50(34-16-5-2-6-17-34)42-21-10-12-23-44(42)51/h1-32,53H. The summed E-state index contributed by atoms with van der Waals surface area (Å²) in [7, 11) is 0.626. The van der Waals surface area contributed by atoms with Gasteiger partial charge in [0.1, 0.15) is 0 Å². The van der Waals surface area contributed by atoms with Gasteiger partial charge in [-0.1, -0.05) is 197 Å². The average molecular weight is 689 g/mol. The largest absolute Gasteiger partial charge is 0.0622 e.